The third kappa shape index (κ3) is 7.44. The normalized spacial score (nSPS) is 17.7. The summed E-state index contributed by atoms with van der Waals surface area (Å²) in [6, 6.07) is 8.61. The number of nitrogens with zero attached hydrogens (tertiary/aromatic N) is 3. The van der Waals surface area contributed by atoms with Gasteiger partial charge in [-0.1, -0.05) is 11.6 Å². The van der Waals surface area contributed by atoms with Crippen LogP contribution in [0.15, 0.2) is 30.5 Å². The van der Waals surface area contributed by atoms with Gasteiger partial charge in [0.25, 0.3) is 5.91 Å². The van der Waals surface area contributed by atoms with E-state index in [4.69, 9.17) is 32.1 Å². The average Bonchev–Trinajstić information content (AvgIpc) is 2.86. The fourth-order valence-corrected chi connectivity index (χ4v) is 4.22. The minimum atomic E-state index is -0.267. The van der Waals surface area contributed by atoms with Crippen LogP contribution in [0, 0.1) is 11.3 Å². The Balaban J connectivity index is 0.00000432. The van der Waals surface area contributed by atoms with Gasteiger partial charge in [-0.15, -0.1) is 0 Å². The van der Waals surface area contributed by atoms with Crippen LogP contribution < -0.4 is 21.1 Å². The number of nitrogens with two attached hydrogens (primary N) is 1. The van der Waals surface area contributed by atoms with Crippen LogP contribution in [0.5, 0.6) is 5.75 Å². The van der Waals surface area contributed by atoms with Gasteiger partial charge in [-0.25, -0.2) is 4.98 Å². The van der Waals surface area contributed by atoms with E-state index < -0.39 is 0 Å². The molecule has 1 saturated heterocycles. The number of likely N-dealkylation sites (tertiary alicyclic amines) is 1. The molecular formula is C24H33ClN6O4. The van der Waals surface area contributed by atoms with Gasteiger partial charge in [0.1, 0.15) is 17.6 Å². The van der Waals surface area contributed by atoms with Gasteiger partial charge in [0, 0.05) is 39.0 Å². The lowest BCUT2D eigenvalue weighted by molar-refractivity contribution is 0.00606. The molecule has 0 radical (unpaired) electrons. The third-order valence-corrected chi connectivity index (χ3v) is 6.27. The van der Waals surface area contributed by atoms with Gasteiger partial charge in [0.2, 0.25) is 0 Å². The molecule has 0 unspecified atom stereocenters. The molecule has 0 spiro atoms. The highest BCUT2D eigenvalue weighted by molar-refractivity contribution is 6.33. The number of carbonyl (C=O) groups is 1. The number of nitrogens with one attached hydrogen (secondary N) is 2. The molecule has 3 rings (SSSR count). The van der Waals surface area contributed by atoms with Gasteiger partial charge in [-0.2, -0.15) is 5.26 Å². The van der Waals surface area contributed by atoms with E-state index in [2.05, 4.69) is 26.6 Å². The largest absolute Gasteiger partial charge is 0.496 e. The van der Waals surface area contributed by atoms with Crippen LogP contribution >= 0.6 is 11.6 Å². The maximum absolute atomic E-state index is 12.9. The molecular weight excluding hydrogens is 472 g/mol. The van der Waals surface area contributed by atoms with Crippen LogP contribution in [-0.4, -0.2) is 73.8 Å². The zero-order valence-electron chi connectivity index (χ0n) is 20.0. The van der Waals surface area contributed by atoms with Gasteiger partial charge < -0.3 is 36.2 Å². The molecule has 0 bridgehead atoms. The highest BCUT2D eigenvalue weighted by Crippen LogP contribution is 2.29. The molecule has 0 saturated carbocycles. The maximum Gasteiger partial charge on any atom is 0.255 e. The first-order chi connectivity index (χ1) is 16.5. The summed E-state index contributed by atoms with van der Waals surface area (Å²) in [5.41, 5.74) is 7.08. The Morgan fingerprint density at radius 1 is 1.37 bits per heavy atom. The number of pyridine rings is 1. The number of carbonyl (C=O) groups excluding carboxylic acids is 1. The number of hydrogen-bond acceptors (Lipinski definition) is 8. The number of aromatic nitrogens is 1. The first-order valence-electron chi connectivity index (χ1n) is 11.2. The van der Waals surface area contributed by atoms with Crippen molar-refractivity contribution >= 4 is 29.0 Å². The second-order valence-corrected chi connectivity index (χ2v) is 8.57. The molecule has 11 heteroatoms. The predicted octanol–water partition coefficient (Wildman–Crippen LogP) is 2.08. The Labute approximate surface area is 210 Å². The van der Waals surface area contributed by atoms with Crippen LogP contribution in [0.25, 0.3) is 0 Å². The highest BCUT2D eigenvalue weighted by atomic mass is 35.5. The fourth-order valence-electron chi connectivity index (χ4n) is 4.05. The number of nitrogen functional groups attached to an aromatic ring is 1. The number of piperidine rings is 1. The average molecular weight is 505 g/mol. The number of methoxy groups -OCH3 is 2. The van der Waals surface area contributed by atoms with E-state index in [1.807, 2.05) is 0 Å². The highest BCUT2D eigenvalue weighted by Gasteiger charge is 2.31. The van der Waals surface area contributed by atoms with Crippen molar-refractivity contribution in [1.29, 1.82) is 5.26 Å². The number of ether oxygens (including phenoxy) is 2. The number of halogens is 1. The van der Waals surface area contributed by atoms with E-state index in [-0.39, 0.29) is 23.5 Å². The number of unbranched alkanes of at least 4 members (excludes halogenated alkanes) is 1. The number of nitriles is 1. The van der Waals surface area contributed by atoms with Crippen molar-refractivity contribution < 1.29 is 19.7 Å². The summed E-state index contributed by atoms with van der Waals surface area (Å²) in [7, 11) is 3.15. The number of amides is 1. The molecule has 1 aliphatic rings. The van der Waals surface area contributed by atoms with Crippen molar-refractivity contribution in [3.8, 4) is 11.8 Å². The summed E-state index contributed by atoms with van der Waals surface area (Å²) < 4.78 is 11.0. The molecule has 1 aliphatic heterocycles. The van der Waals surface area contributed by atoms with Crippen molar-refractivity contribution in [2.24, 2.45) is 0 Å². The van der Waals surface area contributed by atoms with Crippen LogP contribution in [0.1, 0.15) is 35.2 Å². The topological polar surface area (TPSA) is 157 Å². The van der Waals surface area contributed by atoms with E-state index in [0.29, 0.717) is 33.4 Å². The smallest absolute Gasteiger partial charge is 0.255 e. The Morgan fingerprint density at radius 2 is 2.17 bits per heavy atom. The SMILES string of the molecule is COc1cc(N)c(Cl)cc1C(=O)N[C@@H]1CCN(CCCCNc2ncccc2C#N)C[C@@H]1OC.O. The quantitative estimate of drug-likeness (QED) is 0.328. The van der Waals surface area contributed by atoms with Crippen molar-refractivity contribution in [2.75, 3.05) is 51.4 Å². The summed E-state index contributed by atoms with van der Waals surface area (Å²) in [5.74, 6) is 0.739. The summed E-state index contributed by atoms with van der Waals surface area (Å²) in [6.07, 6.45) is 4.27. The first kappa shape index (κ1) is 28.1. The van der Waals surface area contributed by atoms with Crippen LogP contribution in [0.2, 0.25) is 5.02 Å². The molecule has 1 aromatic heterocycles. The Bertz CT molecular complexity index is 1030. The Morgan fingerprint density at radius 3 is 2.89 bits per heavy atom. The first-order valence-corrected chi connectivity index (χ1v) is 11.6. The molecule has 6 N–H and O–H groups in total. The molecule has 35 heavy (non-hydrogen) atoms. The molecule has 10 nitrogen and oxygen atoms in total. The number of rotatable bonds is 10. The van der Waals surface area contributed by atoms with Gasteiger partial charge in [0.05, 0.1) is 41.1 Å². The molecule has 2 heterocycles. The predicted molar refractivity (Wildman–Crippen MR) is 136 cm³/mol. The molecule has 1 aromatic carbocycles. The minimum Gasteiger partial charge on any atom is -0.496 e. The lowest BCUT2D eigenvalue weighted by Crippen LogP contribution is -2.54. The van der Waals surface area contributed by atoms with Gasteiger partial charge in [-0.3, -0.25) is 4.79 Å². The Kier molecular flexibility index (Phi) is 11.0. The summed E-state index contributed by atoms with van der Waals surface area (Å²) in [4.78, 5) is 19.5. The summed E-state index contributed by atoms with van der Waals surface area (Å²) >= 11 is 6.11. The number of hydrogen-bond donors (Lipinski definition) is 3. The molecule has 1 amide bonds. The van der Waals surface area contributed by atoms with Crippen molar-refractivity contribution in [1.82, 2.24) is 15.2 Å². The van der Waals surface area contributed by atoms with Crippen molar-refractivity contribution in [3.05, 3.63) is 46.6 Å². The molecule has 2 aromatic rings. The molecule has 1 fully saturated rings. The van der Waals surface area contributed by atoms with E-state index >= 15 is 0 Å². The second-order valence-electron chi connectivity index (χ2n) is 8.16. The van der Waals surface area contributed by atoms with Crippen LogP contribution in [-0.2, 0) is 4.74 Å². The van der Waals surface area contributed by atoms with E-state index in [1.165, 1.54) is 13.2 Å². The molecule has 2 atom stereocenters. The van der Waals surface area contributed by atoms with E-state index in [1.54, 1.807) is 31.5 Å². The summed E-state index contributed by atoms with van der Waals surface area (Å²) in [5, 5.41) is 15.7. The van der Waals surface area contributed by atoms with Crippen molar-refractivity contribution in [3.63, 3.8) is 0 Å². The lowest BCUT2D eigenvalue weighted by Gasteiger charge is -2.38. The second kappa shape index (κ2) is 13.7. The number of anilines is 2. The third-order valence-electron chi connectivity index (χ3n) is 5.95. The summed E-state index contributed by atoms with van der Waals surface area (Å²) in [6.45, 7) is 3.26. The maximum atomic E-state index is 12.9. The zero-order valence-corrected chi connectivity index (χ0v) is 20.8. The zero-order chi connectivity index (χ0) is 24.5. The monoisotopic (exact) mass is 504 g/mol. The van der Waals surface area contributed by atoms with Crippen LogP contribution in [0.3, 0.4) is 0 Å². The minimum absolute atomic E-state index is 0. The fraction of sp³-hybridized carbons (Fsp3) is 0.458. The van der Waals surface area contributed by atoms with Gasteiger partial charge >= 0.3 is 0 Å². The van der Waals surface area contributed by atoms with Crippen LogP contribution in [0.4, 0.5) is 11.5 Å². The standard InChI is InChI=1S/C24H31ClN6O3.H2O/c1-33-21-13-19(27)18(25)12-17(21)24(32)30-20-7-11-31(15-22(20)34-2)10-4-3-8-28-23-16(14-26)6-5-9-29-23;/h5-6,9,12-13,20,22H,3-4,7-8,10-11,15,27H2,1-2H3,(H,28,29)(H,30,32);1H2/t20-,22+;/m1./s1. The lowest BCUT2D eigenvalue weighted by atomic mass is 10.0. The molecule has 190 valence electrons. The molecule has 0 aliphatic carbocycles. The van der Waals surface area contributed by atoms with Gasteiger partial charge in [-0.05, 0) is 44.0 Å². The Hall–Kier alpha value is -3.10. The van der Waals surface area contributed by atoms with E-state index in [9.17, 15) is 4.79 Å². The van der Waals surface area contributed by atoms with Gasteiger partial charge in [0.15, 0.2) is 0 Å². The van der Waals surface area contributed by atoms with E-state index in [0.717, 1.165) is 45.4 Å². The van der Waals surface area contributed by atoms with Crippen molar-refractivity contribution in [2.45, 2.75) is 31.4 Å². The number of benzene rings is 1.